The molecule has 2 nitrogen and oxygen atoms in total. The molecule has 0 aromatic heterocycles. The standard InChI is InChI=1S/C19H29NO/c1-2-3-4-5-6-7-8-12-15-19(21)20-17-16-18-13-10-9-11-14-18/h9-15H,2-8,16-17H2,1H3,(H,20,21). The van der Waals surface area contributed by atoms with E-state index in [1.54, 1.807) is 6.08 Å². The second-order valence-corrected chi connectivity index (χ2v) is 5.49. The Morgan fingerprint density at radius 1 is 1.05 bits per heavy atom. The Labute approximate surface area is 129 Å². The average Bonchev–Trinajstić information content (AvgIpc) is 2.51. The van der Waals surface area contributed by atoms with Gasteiger partial charge < -0.3 is 5.32 Å². The van der Waals surface area contributed by atoms with E-state index in [1.165, 1.54) is 44.1 Å². The molecule has 1 aromatic rings. The number of benzene rings is 1. The van der Waals surface area contributed by atoms with Crippen LogP contribution in [-0.4, -0.2) is 12.5 Å². The lowest BCUT2D eigenvalue weighted by atomic mass is 10.1. The molecule has 1 N–H and O–H groups in total. The summed E-state index contributed by atoms with van der Waals surface area (Å²) in [6.07, 6.45) is 13.4. The van der Waals surface area contributed by atoms with Crippen LogP contribution in [0.3, 0.4) is 0 Å². The van der Waals surface area contributed by atoms with Crippen molar-refractivity contribution in [2.45, 2.75) is 58.3 Å². The zero-order chi connectivity index (χ0) is 15.2. The minimum Gasteiger partial charge on any atom is -0.352 e. The maximum atomic E-state index is 11.6. The van der Waals surface area contributed by atoms with Crippen molar-refractivity contribution in [2.75, 3.05) is 6.54 Å². The number of carbonyl (C=O) groups is 1. The monoisotopic (exact) mass is 287 g/mol. The summed E-state index contributed by atoms with van der Waals surface area (Å²) in [5.74, 6) is 0.0249. The van der Waals surface area contributed by atoms with Crippen LogP contribution in [0.4, 0.5) is 0 Å². The highest BCUT2D eigenvalue weighted by molar-refractivity contribution is 5.87. The Bertz CT molecular complexity index is 397. The van der Waals surface area contributed by atoms with E-state index in [0.717, 1.165) is 12.8 Å². The largest absolute Gasteiger partial charge is 0.352 e. The predicted molar refractivity (Wildman–Crippen MR) is 90.3 cm³/mol. The molecule has 116 valence electrons. The van der Waals surface area contributed by atoms with Crippen molar-refractivity contribution in [3.63, 3.8) is 0 Å². The molecule has 21 heavy (non-hydrogen) atoms. The lowest BCUT2D eigenvalue weighted by Crippen LogP contribution is -2.23. The zero-order valence-electron chi connectivity index (χ0n) is 13.3. The van der Waals surface area contributed by atoms with Crippen LogP contribution in [0, 0.1) is 0 Å². The highest BCUT2D eigenvalue weighted by Crippen LogP contribution is 2.07. The first-order chi connectivity index (χ1) is 10.3. The number of carbonyl (C=O) groups excluding carboxylic acids is 1. The first-order valence-corrected chi connectivity index (χ1v) is 8.31. The molecule has 0 aliphatic carbocycles. The zero-order valence-corrected chi connectivity index (χ0v) is 13.3. The van der Waals surface area contributed by atoms with Gasteiger partial charge in [-0.3, -0.25) is 4.79 Å². The van der Waals surface area contributed by atoms with Gasteiger partial charge in [0.25, 0.3) is 0 Å². The van der Waals surface area contributed by atoms with Gasteiger partial charge >= 0.3 is 0 Å². The van der Waals surface area contributed by atoms with E-state index in [9.17, 15) is 4.79 Å². The Balaban J connectivity index is 1.99. The van der Waals surface area contributed by atoms with E-state index >= 15 is 0 Å². The third-order valence-electron chi connectivity index (χ3n) is 3.55. The summed E-state index contributed by atoms with van der Waals surface area (Å²) in [6, 6.07) is 10.2. The molecule has 0 heterocycles. The molecule has 0 saturated carbocycles. The van der Waals surface area contributed by atoms with Crippen LogP contribution in [0.15, 0.2) is 42.5 Å². The molecule has 0 spiro atoms. The Morgan fingerprint density at radius 2 is 1.76 bits per heavy atom. The van der Waals surface area contributed by atoms with Crippen molar-refractivity contribution >= 4 is 5.91 Å². The van der Waals surface area contributed by atoms with Gasteiger partial charge in [0.15, 0.2) is 0 Å². The van der Waals surface area contributed by atoms with Gasteiger partial charge in [-0.2, -0.15) is 0 Å². The fraction of sp³-hybridized carbons (Fsp3) is 0.526. The fourth-order valence-corrected chi connectivity index (χ4v) is 2.27. The molecule has 0 bridgehead atoms. The summed E-state index contributed by atoms with van der Waals surface area (Å²) >= 11 is 0. The first kappa shape index (κ1) is 17.5. The maximum Gasteiger partial charge on any atom is 0.243 e. The molecular weight excluding hydrogens is 258 g/mol. The number of hydrogen-bond acceptors (Lipinski definition) is 1. The maximum absolute atomic E-state index is 11.6. The Morgan fingerprint density at radius 3 is 2.52 bits per heavy atom. The van der Waals surface area contributed by atoms with Gasteiger partial charge in [0, 0.05) is 6.54 Å². The van der Waals surface area contributed by atoms with Gasteiger partial charge in [0.1, 0.15) is 0 Å². The first-order valence-electron chi connectivity index (χ1n) is 8.31. The minimum atomic E-state index is 0.0249. The Kier molecular flexibility index (Phi) is 10.1. The van der Waals surface area contributed by atoms with Crippen molar-refractivity contribution in [1.82, 2.24) is 5.32 Å². The summed E-state index contributed by atoms with van der Waals surface area (Å²) < 4.78 is 0. The van der Waals surface area contributed by atoms with Gasteiger partial charge in [-0.1, -0.05) is 75.4 Å². The summed E-state index contributed by atoms with van der Waals surface area (Å²) in [7, 11) is 0. The van der Waals surface area contributed by atoms with Crippen molar-refractivity contribution in [3.8, 4) is 0 Å². The smallest absolute Gasteiger partial charge is 0.243 e. The van der Waals surface area contributed by atoms with Crippen molar-refractivity contribution in [3.05, 3.63) is 48.0 Å². The highest BCUT2D eigenvalue weighted by Gasteiger charge is 1.95. The van der Waals surface area contributed by atoms with Gasteiger partial charge in [-0.25, -0.2) is 0 Å². The number of amides is 1. The molecule has 0 fully saturated rings. The number of hydrogen-bond donors (Lipinski definition) is 1. The quantitative estimate of drug-likeness (QED) is 0.466. The van der Waals surface area contributed by atoms with Crippen LogP contribution < -0.4 is 5.32 Å². The third kappa shape index (κ3) is 9.89. The molecule has 1 amide bonds. The van der Waals surface area contributed by atoms with Gasteiger partial charge in [0.05, 0.1) is 0 Å². The SMILES string of the molecule is CCCCCCCCC=CC(=O)NCCc1ccccc1. The van der Waals surface area contributed by atoms with Crippen molar-refractivity contribution in [1.29, 1.82) is 0 Å². The van der Waals surface area contributed by atoms with Crippen LogP contribution in [0.5, 0.6) is 0 Å². The second kappa shape index (κ2) is 12.2. The van der Waals surface area contributed by atoms with Crippen LogP contribution in [0.25, 0.3) is 0 Å². The van der Waals surface area contributed by atoms with E-state index in [1.807, 2.05) is 24.3 Å². The van der Waals surface area contributed by atoms with Crippen molar-refractivity contribution < 1.29 is 4.79 Å². The normalized spacial score (nSPS) is 10.9. The topological polar surface area (TPSA) is 29.1 Å². The molecule has 1 rings (SSSR count). The molecule has 0 unspecified atom stereocenters. The van der Waals surface area contributed by atoms with E-state index in [4.69, 9.17) is 0 Å². The summed E-state index contributed by atoms with van der Waals surface area (Å²) in [4.78, 5) is 11.6. The van der Waals surface area contributed by atoms with E-state index in [-0.39, 0.29) is 5.91 Å². The molecule has 1 aromatic carbocycles. The van der Waals surface area contributed by atoms with Crippen LogP contribution in [0.1, 0.15) is 57.4 Å². The minimum absolute atomic E-state index is 0.0249. The average molecular weight is 287 g/mol. The highest BCUT2D eigenvalue weighted by atomic mass is 16.1. The molecule has 0 radical (unpaired) electrons. The van der Waals surface area contributed by atoms with E-state index < -0.39 is 0 Å². The molecule has 0 atom stereocenters. The van der Waals surface area contributed by atoms with Crippen LogP contribution >= 0.6 is 0 Å². The van der Waals surface area contributed by atoms with E-state index in [0.29, 0.717) is 6.54 Å². The number of nitrogens with one attached hydrogen (secondary N) is 1. The number of rotatable bonds is 11. The van der Waals surface area contributed by atoms with E-state index in [2.05, 4.69) is 24.4 Å². The number of allylic oxidation sites excluding steroid dienone is 1. The van der Waals surface area contributed by atoms with Gasteiger partial charge in [-0.15, -0.1) is 0 Å². The van der Waals surface area contributed by atoms with Gasteiger partial charge in [-0.05, 0) is 30.9 Å². The summed E-state index contributed by atoms with van der Waals surface area (Å²) in [5, 5.41) is 2.92. The van der Waals surface area contributed by atoms with Crippen LogP contribution in [-0.2, 0) is 11.2 Å². The predicted octanol–water partition coefficient (Wildman–Crippen LogP) is 4.65. The number of unbranched alkanes of at least 4 members (excludes halogenated alkanes) is 6. The molecule has 0 saturated heterocycles. The lowest BCUT2D eigenvalue weighted by Gasteiger charge is -2.02. The van der Waals surface area contributed by atoms with Gasteiger partial charge in [0.2, 0.25) is 5.91 Å². The van der Waals surface area contributed by atoms with Crippen molar-refractivity contribution in [2.24, 2.45) is 0 Å². The lowest BCUT2D eigenvalue weighted by molar-refractivity contribution is -0.116. The third-order valence-corrected chi connectivity index (χ3v) is 3.55. The van der Waals surface area contributed by atoms with Crippen LogP contribution in [0.2, 0.25) is 0 Å². The molecule has 0 aliphatic heterocycles. The fourth-order valence-electron chi connectivity index (χ4n) is 2.27. The summed E-state index contributed by atoms with van der Waals surface area (Å²) in [6.45, 7) is 2.93. The molecular formula is C19H29NO. The molecule has 2 heteroatoms. The summed E-state index contributed by atoms with van der Waals surface area (Å²) in [5.41, 5.74) is 1.26. The molecule has 0 aliphatic rings. The second-order valence-electron chi connectivity index (χ2n) is 5.49. The Hall–Kier alpha value is -1.57.